The fourth-order valence-electron chi connectivity index (χ4n) is 4.82. The van der Waals surface area contributed by atoms with E-state index in [9.17, 15) is 22.8 Å². The number of ether oxygens (including phenoxy) is 2. The minimum atomic E-state index is -4.36. The van der Waals surface area contributed by atoms with Crippen molar-refractivity contribution in [2.45, 2.75) is 50.0 Å². The average molecular weight is 438 g/mol. The largest absolute Gasteiger partial charge is 0.487 e. The van der Waals surface area contributed by atoms with Gasteiger partial charge in [0, 0.05) is 25.4 Å². The van der Waals surface area contributed by atoms with E-state index < -0.39 is 11.7 Å². The highest BCUT2D eigenvalue weighted by Gasteiger charge is 2.41. The van der Waals surface area contributed by atoms with Crippen LogP contribution in [0.5, 0.6) is 5.75 Å². The fraction of sp³-hybridized carbons (Fsp3) is 0.636. The number of fused-ring (bicyclic) bond motifs is 1. The fourth-order valence-corrected chi connectivity index (χ4v) is 4.82. The summed E-state index contributed by atoms with van der Waals surface area (Å²) in [6, 6.07) is 3.89. The highest BCUT2D eigenvalue weighted by atomic mass is 19.4. The van der Waals surface area contributed by atoms with Crippen molar-refractivity contribution in [1.82, 2.24) is 9.80 Å². The number of likely N-dealkylation sites (tertiary alicyclic amines) is 2. The van der Waals surface area contributed by atoms with Crippen molar-refractivity contribution in [1.29, 1.82) is 0 Å². The SMILES string of the molecule is O=C1CO[C@H]2CCN(C(=O)N3CC(Oc4ccc(C(F)(F)F)c(C5CC5)c4)C3)C[C@H]2C1. The smallest absolute Gasteiger partial charge is 0.416 e. The molecule has 3 aliphatic heterocycles. The number of hydrogen-bond acceptors (Lipinski definition) is 4. The zero-order valence-corrected chi connectivity index (χ0v) is 17.1. The zero-order valence-electron chi connectivity index (χ0n) is 17.1. The molecule has 168 valence electrons. The molecule has 0 spiro atoms. The minimum Gasteiger partial charge on any atom is -0.487 e. The molecule has 3 saturated heterocycles. The molecule has 0 radical (unpaired) electrons. The number of carbonyl (C=O) groups is 2. The molecule has 2 atom stereocenters. The van der Waals surface area contributed by atoms with E-state index >= 15 is 0 Å². The van der Waals surface area contributed by atoms with Gasteiger partial charge in [0.05, 0.1) is 24.8 Å². The van der Waals surface area contributed by atoms with Crippen LogP contribution in [0.4, 0.5) is 18.0 Å². The summed E-state index contributed by atoms with van der Waals surface area (Å²) >= 11 is 0. The van der Waals surface area contributed by atoms with E-state index in [1.807, 2.05) is 0 Å². The molecule has 1 saturated carbocycles. The molecule has 31 heavy (non-hydrogen) atoms. The van der Waals surface area contributed by atoms with Crippen molar-refractivity contribution in [2.24, 2.45) is 5.92 Å². The Balaban J connectivity index is 1.16. The quantitative estimate of drug-likeness (QED) is 0.726. The van der Waals surface area contributed by atoms with Gasteiger partial charge in [0.15, 0.2) is 5.78 Å². The van der Waals surface area contributed by atoms with Crippen LogP contribution in [0.25, 0.3) is 0 Å². The number of ketones is 1. The number of nitrogens with zero attached hydrogens (tertiary/aromatic N) is 2. The van der Waals surface area contributed by atoms with E-state index in [1.165, 1.54) is 12.1 Å². The summed E-state index contributed by atoms with van der Waals surface area (Å²) in [6.45, 7) is 2.09. The maximum atomic E-state index is 13.2. The minimum absolute atomic E-state index is 0.0433. The van der Waals surface area contributed by atoms with Gasteiger partial charge in [-0.2, -0.15) is 13.2 Å². The zero-order chi connectivity index (χ0) is 21.8. The molecular weight excluding hydrogens is 413 g/mol. The molecule has 0 bridgehead atoms. The molecule has 0 unspecified atom stereocenters. The summed E-state index contributed by atoms with van der Waals surface area (Å²) in [7, 11) is 0. The number of alkyl halides is 3. The molecule has 5 rings (SSSR count). The third-order valence-corrected chi connectivity index (χ3v) is 6.65. The molecule has 6 nitrogen and oxygen atoms in total. The highest BCUT2D eigenvalue weighted by Crippen LogP contribution is 2.47. The first-order chi connectivity index (χ1) is 14.8. The number of benzene rings is 1. The third-order valence-electron chi connectivity index (χ3n) is 6.65. The molecule has 1 aliphatic carbocycles. The van der Waals surface area contributed by atoms with Gasteiger partial charge in [0.25, 0.3) is 0 Å². The van der Waals surface area contributed by atoms with E-state index in [1.54, 1.807) is 9.80 Å². The summed E-state index contributed by atoms with van der Waals surface area (Å²) in [5.74, 6) is 0.513. The van der Waals surface area contributed by atoms with Crippen LogP contribution in [-0.2, 0) is 15.7 Å². The van der Waals surface area contributed by atoms with E-state index in [0.717, 1.165) is 25.3 Å². The van der Waals surface area contributed by atoms with Gasteiger partial charge in [-0.1, -0.05) is 0 Å². The summed E-state index contributed by atoms with van der Waals surface area (Å²) in [5, 5.41) is 0. The standard InChI is InChI=1S/C22H25F3N2O4/c23-22(24,25)19-4-3-16(8-18(19)13-1-2-13)31-17-10-27(11-17)21(29)26-6-5-20-14(9-26)7-15(28)12-30-20/h3-4,8,13-14,17,20H,1-2,5-7,9-12H2/t14-,20+/m1/s1. The molecule has 4 aliphatic rings. The van der Waals surface area contributed by atoms with Gasteiger partial charge in [0.2, 0.25) is 0 Å². The molecule has 0 aromatic heterocycles. The van der Waals surface area contributed by atoms with Crippen LogP contribution in [0.3, 0.4) is 0 Å². The molecular formula is C22H25F3N2O4. The number of piperidine rings is 1. The maximum absolute atomic E-state index is 13.2. The van der Waals surface area contributed by atoms with Crippen LogP contribution in [0.15, 0.2) is 18.2 Å². The van der Waals surface area contributed by atoms with Gasteiger partial charge in [-0.15, -0.1) is 0 Å². The van der Waals surface area contributed by atoms with E-state index in [-0.39, 0.29) is 42.5 Å². The first-order valence-electron chi connectivity index (χ1n) is 10.8. The van der Waals surface area contributed by atoms with Gasteiger partial charge < -0.3 is 19.3 Å². The van der Waals surface area contributed by atoms with Crippen LogP contribution < -0.4 is 4.74 Å². The number of Topliss-reactive ketones (excluding diaryl/α,β-unsaturated/α-hetero) is 1. The Morgan fingerprint density at radius 2 is 1.87 bits per heavy atom. The van der Waals surface area contributed by atoms with Gasteiger partial charge in [0.1, 0.15) is 18.5 Å². The van der Waals surface area contributed by atoms with Gasteiger partial charge >= 0.3 is 12.2 Å². The molecule has 3 heterocycles. The van der Waals surface area contributed by atoms with E-state index in [2.05, 4.69) is 0 Å². The number of carbonyl (C=O) groups excluding carboxylic acids is 2. The summed E-state index contributed by atoms with van der Waals surface area (Å²) in [5.41, 5.74) is -0.272. The van der Waals surface area contributed by atoms with Crippen LogP contribution in [0.2, 0.25) is 0 Å². The van der Waals surface area contributed by atoms with Gasteiger partial charge in [-0.05, 0) is 48.9 Å². The number of amides is 2. The number of halogens is 3. The second-order valence-corrected chi connectivity index (χ2v) is 9.04. The predicted molar refractivity (Wildman–Crippen MR) is 104 cm³/mol. The van der Waals surface area contributed by atoms with Crippen molar-refractivity contribution in [3.63, 3.8) is 0 Å². The first-order valence-corrected chi connectivity index (χ1v) is 10.8. The summed E-state index contributed by atoms with van der Waals surface area (Å²) in [4.78, 5) is 27.9. The number of urea groups is 1. The van der Waals surface area contributed by atoms with Crippen LogP contribution in [-0.4, -0.2) is 66.6 Å². The Kier molecular flexibility index (Phi) is 5.11. The summed E-state index contributed by atoms with van der Waals surface area (Å²) < 4.78 is 51.1. The van der Waals surface area contributed by atoms with Crippen LogP contribution >= 0.6 is 0 Å². The Labute approximate surface area is 178 Å². The van der Waals surface area contributed by atoms with Crippen molar-refractivity contribution >= 4 is 11.8 Å². The Hall–Kier alpha value is -2.29. The monoisotopic (exact) mass is 438 g/mol. The Morgan fingerprint density at radius 3 is 2.58 bits per heavy atom. The van der Waals surface area contributed by atoms with Crippen LogP contribution in [0, 0.1) is 5.92 Å². The average Bonchev–Trinajstić information content (AvgIpc) is 3.53. The second-order valence-electron chi connectivity index (χ2n) is 9.04. The van der Waals surface area contributed by atoms with Crippen molar-refractivity contribution < 1.29 is 32.2 Å². The third kappa shape index (κ3) is 4.24. The highest BCUT2D eigenvalue weighted by molar-refractivity contribution is 5.81. The maximum Gasteiger partial charge on any atom is 0.416 e. The molecule has 0 N–H and O–H groups in total. The lowest BCUT2D eigenvalue weighted by Gasteiger charge is -2.45. The lowest BCUT2D eigenvalue weighted by atomic mass is 9.88. The molecule has 1 aromatic carbocycles. The van der Waals surface area contributed by atoms with E-state index in [4.69, 9.17) is 9.47 Å². The first kappa shape index (κ1) is 20.6. The van der Waals surface area contributed by atoms with Crippen molar-refractivity contribution in [3.05, 3.63) is 29.3 Å². The topological polar surface area (TPSA) is 59.1 Å². The lowest BCUT2D eigenvalue weighted by molar-refractivity contribution is -0.140. The number of hydrogen-bond donors (Lipinski definition) is 0. The number of rotatable bonds is 3. The predicted octanol–water partition coefficient (Wildman–Crippen LogP) is 3.45. The van der Waals surface area contributed by atoms with Crippen molar-refractivity contribution in [2.75, 3.05) is 32.8 Å². The van der Waals surface area contributed by atoms with Gasteiger partial charge in [-0.25, -0.2) is 4.79 Å². The normalized spacial score (nSPS) is 27.0. The Bertz CT molecular complexity index is 880. The van der Waals surface area contributed by atoms with E-state index in [0.29, 0.717) is 43.9 Å². The molecule has 4 fully saturated rings. The lowest BCUT2D eigenvalue weighted by Crippen LogP contribution is -2.61. The second kappa shape index (κ2) is 7.69. The molecule has 2 amide bonds. The molecule has 9 heteroatoms. The Morgan fingerprint density at radius 1 is 1.10 bits per heavy atom. The van der Waals surface area contributed by atoms with Gasteiger partial charge in [-0.3, -0.25) is 4.79 Å². The molecule has 1 aromatic rings. The van der Waals surface area contributed by atoms with Crippen molar-refractivity contribution in [3.8, 4) is 5.75 Å². The summed E-state index contributed by atoms with van der Waals surface area (Å²) in [6.07, 6.45) is -1.82. The van der Waals surface area contributed by atoms with Crippen LogP contribution in [0.1, 0.15) is 42.7 Å².